The molecule has 3 heterocycles. The molecule has 1 saturated heterocycles. The number of fused-ring (bicyclic) bond motifs is 1. The van der Waals surface area contributed by atoms with E-state index in [-0.39, 0.29) is 23.6 Å². The van der Waals surface area contributed by atoms with E-state index in [9.17, 15) is 14.4 Å². The lowest BCUT2D eigenvalue weighted by atomic mass is 10.1. The number of thiophene rings is 1. The number of para-hydroxylation sites is 2. The Morgan fingerprint density at radius 2 is 1.97 bits per heavy atom. The fourth-order valence-corrected chi connectivity index (χ4v) is 6.09. The molecule has 1 aliphatic heterocycles. The Hall–Kier alpha value is -3.05. The predicted octanol–water partition coefficient (Wildman–Crippen LogP) is 4.77. The number of methoxy groups -OCH3 is 1. The van der Waals surface area contributed by atoms with Gasteiger partial charge in [0.1, 0.15) is 10.4 Å². The van der Waals surface area contributed by atoms with Crippen molar-refractivity contribution < 1.29 is 19.1 Å². The number of ether oxygens (including phenoxy) is 2. The van der Waals surface area contributed by atoms with Crippen LogP contribution >= 0.6 is 23.1 Å². The largest absolute Gasteiger partial charge is 0.495 e. The van der Waals surface area contributed by atoms with E-state index in [1.165, 1.54) is 23.1 Å². The van der Waals surface area contributed by atoms with E-state index in [0.29, 0.717) is 65.8 Å². The molecule has 0 bridgehead atoms. The van der Waals surface area contributed by atoms with Gasteiger partial charge in [0.15, 0.2) is 5.16 Å². The number of nitrogens with zero attached hydrogens (tertiary/aromatic N) is 3. The van der Waals surface area contributed by atoms with Gasteiger partial charge in [-0.05, 0) is 49.8 Å². The molecule has 3 aromatic rings. The van der Waals surface area contributed by atoms with Gasteiger partial charge < -0.3 is 19.7 Å². The van der Waals surface area contributed by atoms with Crippen LogP contribution in [0.15, 0.2) is 45.7 Å². The monoisotopic (exact) mass is 530 g/mol. The molecule has 36 heavy (non-hydrogen) atoms. The Balaban J connectivity index is 1.60. The van der Waals surface area contributed by atoms with Crippen LogP contribution in [0.2, 0.25) is 0 Å². The van der Waals surface area contributed by atoms with Crippen LogP contribution in [0.1, 0.15) is 39.2 Å². The molecule has 11 heteroatoms. The van der Waals surface area contributed by atoms with Crippen molar-refractivity contribution in [2.75, 3.05) is 32.1 Å². The second-order valence-corrected chi connectivity index (χ2v) is 10.4. The first-order chi connectivity index (χ1) is 17.5. The number of amides is 2. The van der Waals surface area contributed by atoms with E-state index in [0.717, 1.165) is 0 Å². The summed E-state index contributed by atoms with van der Waals surface area (Å²) in [6, 6.07) is 8.95. The first kappa shape index (κ1) is 26.0. The molecule has 2 amide bonds. The molecule has 1 fully saturated rings. The number of hydrogen-bond donors (Lipinski definition) is 1. The number of thioether (sulfide) groups is 1. The van der Waals surface area contributed by atoms with Gasteiger partial charge in [0, 0.05) is 19.1 Å². The van der Waals surface area contributed by atoms with E-state index in [2.05, 4.69) is 5.32 Å². The topological polar surface area (TPSA) is 103 Å². The summed E-state index contributed by atoms with van der Waals surface area (Å²) in [4.78, 5) is 45.4. The van der Waals surface area contributed by atoms with Gasteiger partial charge in [-0.15, -0.1) is 11.3 Å². The third kappa shape index (κ3) is 5.52. The van der Waals surface area contributed by atoms with E-state index < -0.39 is 5.25 Å². The van der Waals surface area contributed by atoms with E-state index in [1.807, 2.05) is 30.5 Å². The Bertz CT molecular complexity index is 1280. The predicted molar refractivity (Wildman–Crippen MR) is 142 cm³/mol. The molecule has 1 atom stereocenters. The SMILES string of the molecule is CCOC(=O)N1CCC(n2c(S[C@@H](CC)C(=O)Nc3ccccc3OC)nc3ccsc3c2=O)CC1. The summed E-state index contributed by atoms with van der Waals surface area (Å²) < 4.78 is 12.8. The molecule has 0 radical (unpaired) electrons. The average Bonchev–Trinajstić information content (AvgIpc) is 3.37. The van der Waals surface area contributed by atoms with Crippen LogP contribution in [0.5, 0.6) is 5.75 Å². The van der Waals surface area contributed by atoms with Gasteiger partial charge in [-0.25, -0.2) is 9.78 Å². The fourth-order valence-electron chi connectivity index (χ4n) is 4.24. The quantitative estimate of drug-likeness (QED) is 0.331. The van der Waals surface area contributed by atoms with E-state index in [4.69, 9.17) is 14.5 Å². The van der Waals surface area contributed by atoms with Crippen molar-refractivity contribution in [3.63, 3.8) is 0 Å². The van der Waals surface area contributed by atoms with Crippen LogP contribution in [0.4, 0.5) is 10.5 Å². The third-order valence-corrected chi connectivity index (χ3v) is 8.33. The van der Waals surface area contributed by atoms with Crippen molar-refractivity contribution in [3.05, 3.63) is 46.1 Å². The molecule has 9 nitrogen and oxygen atoms in total. The van der Waals surface area contributed by atoms with Gasteiger partial charge >= 0.3 is 6.09 Å². The van der Waals surface area contributed by atoms with Gasteiger partial charge in [-0.1, -0.05) is 30.8 Å². The maximum absolute atomic E-state index is 13.5. The summed E-state index contributed by atoms with van der Waals surface area (Å²) in [5.41, 5.74) is 1.12. The van der Waals surface area contributed by atoms with E-state index in [1.54, 1.807) is 35.6 Å². The van der Waals surface area contributed by atoms with Crippen LogP contribution in [-0.4, -0.2) is 58.5 Å². The summed E-state index contributed by atoms with van der Waals surface area (Å²) in [6.07, 6.45) is 1.43. The number of carbonyl (C=O) groups is 2. The number of carbonyl (C=O) groups excluding carboxylic acids is 2. The van der Waals surface area contributed by atoms with Gasteiger partial charge in [-0.2, -0.15) is 0 Å². The number of likely N-dealkylation sites (tertiary alicyclic amines) is 1. The van der Waals surface area contributed by atoms with Crippen molar-refractivity contribution in [1.82, 2.24) is 14.5 Å². The number of benzene rings is 1. The van der Waals surface area contributed by atoms with Crippen molar-refractivity contribution in [2.45, 2.75) is 49.6 Å². The summed E-state index contributed by atoms with van der Waals surface area (Å²) in [5.74, 6) is 0.393. The van der Waals surface area contributed by atoms with Crippen LogP contribution in [-0.2, 0) is 9.53 Å². The van der Waals surface area contributed by atoms with Crippen molar-refractivity contribution >= 4 is 51.0 Å². The van der Waals surface area contributed by atoms with Gasteiger partial charge in [-0.3, -0.25) is 14.2 Å². The molecule has 1 aromatic carbocycles. The minimum atomic E-state index is -0.469. The average molecular weight is 531 g/mol. The molecular formula is C25H30N4O5S2. The maximum Gasteiger partial charge on any atom is 0.409 e. The van der Waals surface area contributed by atoms with Crippen molar-refractivity contribution in [1.29, 1.82) is 0 Å². The summed E-state index contributed by atoms with van der Waals surface area (Å²) in [5, 5.41) is 4.85. The number of anilines is 1. The molecule has 0 aliphatic carbocycles. The van der Waals surface area contributed by atoms with Crippen LogP contribution in [0.25, 0.3) is 10.2 Å². The minimum Gasteiger partial charge on any atom is -0.495 e. The smallest absolute Gasteiger partial charge is 0.409 e. The zero-order valence-corrected chi connectivity index (χ0v) is 22.2. The molecule has 0 spiro atoms. The molecular weight excluding hydrogens is 500 g/mol. The van der Waals surface area contributed by atoms with Gasteiger partial charge in [0.05, 0.1) is 30.2 Å². The van der Waals surface area contributed by atoms with Crippen molar-refractivity contribution in [3.8, 4) is 5.75 Å². The first-order valence-corrected chi connectivity index (χ1v) is 13.7. The highest BCUT2D eigenvalue weighted by Gasteiger charge is 2.30. The highest BCUT2D eigenvalue weighted by molar-refractivity contribution is 8.00. The zero-order valence-electron chi connectivity index (χ0n) is 20.6. The molecule has 192 valence electrons. The Morgan fingerprint density at radius 1 is 1.22 bits per heavy atom. The standard InChI is InChI=1S/C25H30N4O5S2/c1-4-20(22(30)26-17-8-6-7-9-19(17)33-3)36-24-27-18-12-15-35-21(18)23(31)29(24)16-10-13-28(14-11-16)25(32)34-5-2/h6-9,12,15-16,20H,4-5,10-11,13-14H2,1-3H3,(H,26,30)/t20-/m0/s1. The normalized spacial score (nSPS) is 15.0. The summed E-state index contributed by atoms with van der Waals surface area (Å²) >= 11 is 2.66. The lowest BCUT2D eigenvalue weighted by molar-refractivity contribution is -0.115. The van der Waals surface area contributed by atoms with Crippen LogP contribution in [0.3, 0.4) is 0 Å². The minimum absolute atomic E-state index is 0.105. The van der Waals surface area contributed by atoms with E-state index >= 15 is 0 Å². The molecule has 0 unspecified atom stereocenters. The van der Waals surface area contributed by atoms with Crippen LogP contribution < -0.4 is 15.6 Å². The lowest BCUT2D eigenvalue weighted by Crippen LogP contribution is -2.41. The first-order valence-electron chi connectivity index (χ1n) is 12.0. The molecule has 4 rings (SSSR count). The fraction of sp³-hybridized carbons (Fsp3) is 0.440. The number of nitrogens with one attached hydrogen (secondary N) is 1. The Labute approximate surface area is 217 Å². The molecule has 1 aliphatic rings. The van der Waals surface area contributed by atoms with Gasteiger partial charge in [0.2, 0.25) is 5.91 Å². The second-order valence-electron chi connectivity index (χ2n) is 8.33. The Morgan fingerprint density at radius 3 is 2.67 bits per heavy atom. The van der Waals surface area contributed by atoms with Crippen LogP contribution in [0, 0.1) is 0 Å². The number of hydrogen-bond acceptors (Lipinski definition) is 8. The number of aromatic nitrogens is 2. The zero-order chi connectivity index (χ0) is 25.7. The summed E-state index contributed by atoms with van der Waals surface area (Å²) in [6.45, 7) is 5.03. The summed E-state index contributed by atoms with van der Waals surface area (Å²) in [7, 11) is 1.56. The third-order valence-electron chi connectivity index (χ3n) is 6.11. The molecule has 1 N–H and O–H groups in total. The second kappa shape index (κ2) is 11.8. The molecule has 0 saturated carbocycles. The Kier molecular flexibility index (Phi) is 8.52. The van der Waals surface area contributed by atoms with Crippen molar-refractivity contribution in [2.24, 2.45) is 0 Å². The lowest BCUT2D eigenvalue weighted by Gasteiger charge is -2.33. The van der Waals surface area contributed by atoms with Gasteiger partial charge in [0.25, 0.3) is 5.56 Å². The maximum atomic E-state index is 13.5. The number of piperidine rings is 1. The highest BCUT2D eigenvalue weighted by Crippen LogP contribution is 2.33. The molecule has 2 aromatic heterocycles. The highest BCUT2D eigenvalue weighted by atomic mass is 32.2. The number of rotatable bonds is 8.